The molecular weight excluding hydrogens is 344 g/mol. The van der Waals surface area contributed by atoms with E-state index in [0.29, 0.717) is 13.2 Å². The zero-order valence-corrected chi connectivity index (χ0v) is 18.3. The predicted octanol–water partition coefficient (Wildman–Crippen LogP) is 6.57. The topological polar surface area (TPSA) is 40.5 Å². The van der Waals surface area contributed by atoms with E-state index in [9.17, 15) is 0 Å². The van der Waals surface area contributed by atoms with Crippen LogP contribution in [0.5, 0.6) is 0 Å². The molecule has 0 aliphatic rings. The van der Waals surface area contributed by atoms with Crippen LogP contribution in [0.25, 0.3) is 0 Å². The molecule has 0 radical (unpaired) electrons. The van der Waals surface area contributed by atoms with Crippen LogP contribution in [0.3, 0.4) is 0 Å². The molecule has 0 fully saturated rings. The maximum atomic E-state index is 8.53. The molecule has 2 nitrogen and oxygen atoms in total. The standard InChI is InChI=1S/2C11H22O.Ti/c2*1-2-3-4-5-6-7-8-9-10-11-12;/h2*2,12H,1,3-11H2;. The van der Waals surface area contributed by atoms with Gasteiger partial charge in [0.1, 0.15) is 0 Å². The van der Waals surface area contributed by atoms with Crippen molar-refractivity contribution in [3.8, 4) is 0 Å². The summed E-state index contributed by atoms with van der Waals surface area (Å²) < 4.78 is 0. The van der Waals surface area contributed by atoms with E-state index < -0.39 is 0 Å². The Bertz CT molecular complexity index is 208. The molecule has 0 atom stereocenters. The first-order valence-electron chi connectivity index (χ1n) is 10.3. The van der Waals surface area contributed by atoms with Crippen molar-refractivity contribution in [2.75, 3.05) is 13.2 Å². The number of rotatable bonds is 18. The van der Waals surface area contributed by atoms with E-state index in [-0.39, 0.29) is 21.7 Å². The summed E-state index contributed by atoms with van der Waals surface area (Å²) in [7, 11) is 0. The second-order valence-corrected chi connectivity index (χ2v) is 6.55. The second kappa shape index (κ2) is 31.8. The molecule has 0 amide bonds. The van der Waals surface area contributed by atoms with E-state index in [1.165, 1.54) is 77.0 Å². The number of aliphatic hydroxyl groups is 2. The predicted molar refractivity (Wildman–Crippen MR) is 108 cm³/mol. The quantitative estimate of drug-likeness (QED) is 0.158. The average molecular weight is 388 g/mol. The molecule has 0 aromatic heterocycles. The third-order valence-electron chi connectivity index (χ3n) is 4.13. The first-order chi connectivity index (χ1) is 11.8. The van der Waals surface area contributed by atoms with Gasteiger partial charge in [-0.3, -0.25) is 0 Å². The summed E-state index contributed by atoms with van der Waals surface area (Å²) in [6.07, 6.45) is 23.8. The van der Waals surface area contributed by atoms with Crippen molar-refractivity contribution in [3.05, 3.63) is 25.3 Å². The van der Waals surface area contributed by atoms with Gasteiger partial charge >= 0.3 is 0 Å². The molecule has 25 heavy (non-hydrogen) atoms. The van der Waals surface area contributed by atoms with Crippen LogP contribution in [0.2, 0.25) is 0 Å². The fourth-order valence-corrected chi connectivity index (χ4v) is 2.57. The monoisotopic (exact) mass is 388 g/mol. The number of hydrogen-bond acceptors (Lipinski definition) is 2. The molecule has 3 heteroatoms. The molecule has 0 heterocycles. The van der Waals surface area contributed by atoms with Gasteiger partial charge in [0.15, 0.2) is 0 Å². The molecule has 0 spiro atoms. The zero-order valence-electron chi connectivity index (χ0n) is 16.7. The van der Waals surface area contributed by atoms with Crippen LogP contribution in [-0.2, 0) is 21.7 Å². The normalized spacial score (nSPS) is 9.68. The van der Waals surface area contributed by atoms with Crippen molar-refractivity contribution in [2.24, 2.45) is 0 Å². The Kier molecular flexibility index (Phi) is 38.0. The van der Waals surface area contributed by atoms with Gasteiger partial charge in [-0.1, -0.05) is 76.4 Å². The Hall–Kier alpha value is 0.114. The molecule has 2 N–H and O–H groups in total. The van der Waals surface area contributed by atoms with E-state index >= 15 is 0 Å². The molecular formula is C22H44O2Ti. The maximum absolute atomic E-state index is 8.53. The summed E-state index contributed by atoms with van der Waals surface area (Å²) in [5.74, 6) is 0. The Morgan fingerprint density at radius 1 is 0.440 bits per heavy atom. The van der Waals surface area contributed by atoms with Gasteiger partial charge in [-0.25, -0.2) is 0 Å². The Balaban J connectivity index is -0.000000372. The van der Waals surface area contributed by atoms with Crippen molar-refractivity contribution in [1.29, 1.82) is 0 Å². The minimum absolute atomic E-state index is 0. The van der Waals surface area contributed by atoms with Gasteiger partial charge in [-0.15, -0.1) is 13.2 Å². The molecule has 0 aromatic rings. The summed E-state index contributed by atoms with van der Waals surface area (Å²) in [5.41, 5.74) is 0. The SMILES string of the molecule is C=CCCCCCCCCCO.C=CCCCCCCCCCO.[Ti]. The summed E-state index contributed by atoms with van der Waals surface area (Å²) in [4.78, 5) is 0. The van der Waals surface area contributed by atoms with Gasteiger partial charge in [0.25, 0.3) is 0 Å². The van der Waals surface area contributed by atoms with Crippen LogP contribution in [0.4, 0.5) is 0 Å². The number of unbranched alkanes of at least 4 members (excludes halogenated alkanes) is 14. The summed E-state index contributed by atoms with van der Waals surface area (Å²) in [5, 5.41) is 17.1. The van der Waals surface area contributed by atoms with Crippen LogP contribution in [0.1, 0.15) is 103 Å². The van der Waals surface area contributed by atoms with E-state index in [1.54, 1.807) is 0 Å². The molecule has 0 saturated carbocycles. The number of aliphatic hydroxyl groups excluding tert-OH is 2. The maximum Gasteiger partial charge on any atom is 0.0431 e. The van der Waals surface area contributed by atoms with Gasteiger partial charge in [-0.2, -0.15) is 0 Å². The van der Waals surface area contributed by atoms with E-state index in [2.05, 4.69) is 13.2 Å². The summed E-state index contributed by atoms with van der Waals surface area (Å²) in [6.45, 7) is 8.10. The molecule has 0 aliphatic heterocycles. The fourth-order valence-electron chi connectivity index (χ4n) is 2.57. The minimum Gasteiger partial charge on any atom is -0.396 e. The Morgan fingerprint density at radius 2 is 0.680 bits per heavy atom. The molecule has 0 unspecified atom stereocenters. The van der Waals surface area contributed by atoms with E-state index in [0.717, 1.165) is 25.7 Å². The van der Waals surface area contributed by atoms with Crippen molar-refractivity contribution in [3.63, 3.8) is 0 Å². The van der Waals surface area contributed by atoms with Crippen LogP contribution < -0.4 is 0 Å². The van der Waals surface area contributed by atoms with Crippen molar-refractivity contribution in [2.45, 2.75) is 103 Å². The molecule has 148 valence electrons. The molecule has 0 saturated heterocycles. The third kappa shape index (κ3) is 35.9. The molecule has 0 bridgehead atoms. The van der Waals surface area contributed by atoms with E-state index in [4.69, 9.17) is 10.2 Å². The van der Waals surface area contributed by atoms with Gasteiger partial charge in [0.05, 0.1) is 0 Å². The second-order valence-electron chi connectivity index (χ2n) is 6.55. The van der Waals surface area contributed by atoms with Crippen molar-refractivity contribution in [1.82, 2.24) is 0 Å². The van der Waals surface area contributed by atoms with Gasteiger partial charge < -0.3 is 10.2 Å². The summed E-state index contributed by atoms with van der Waals surface area (Å²) >= 11 is 0. The van der Waals surface area contributed by atoms with Gasteiger partial charge in [0.2, 0.25) is 0 Å². The number of allylic oxidation sites excluding steroid dienone is 2. The van der Waals surface area contributed by atoms with Crippen LogP contribution in [0.15, 0.2) is 25.3 Å². The van der Waals surface area contributed by atoms with Crippen LogP contribution >= 0.6 is 0 Å². The molecule has 0 aliphatic carbocycles. The first kappa shape index (κ1) is 29.9. The number of hydrogen-bond donors (Lipinski definition) is 2. The smallest absolute Gasteiger partial charge is 0.0431 e. The fraction of sp³-hybridized carbons (Fsp3) is 0.818. The van der Waals surface area contributed by atoms with E-state index in [1.807, 2.05) is 12.2 Å². The largest absolute Gasteiger partial charge is 0.396 e. The average Bonchev–Trinajstić information content (AvgIpc) is 2.60. The molecule has 0 aromatic carbocycles. The van der Waals surface area contributed by atoms with Crippen LogP contribution in [-0.4, -0.2) is 23.4 Å². The Labute approximate surface area is 173 Å². The third-order valence-corrected chi connectivity index (χ3v) is 4.13. The zero-order chi connectivity index (χ0) is 18.1. The first-order valence-corrected chi connectivity index (χ1v) is 10.3. The van der Waals surface area contributed by atoms with Crippen molar-refractivity contribution < 1.29 is 31.9 Å². The van der Waals surface area contributed by atoms with Gasteiger partial charge in [-0.05, 0) is 38.5 Å². The summed E-state index contributed by atoms with van der Waals surface area (Å²) in [6, 6.07) is 0. The molecule has 0 rings (SSSR count). The van der Waals surface area contributed by atoms with Crippen molar-refractivity contribution >= 4 is 0 Å². The minimum atomic E-state index is 0. The Morgan fingerprint density at radius 3 is 0.920 bits per heavy atom. The van der Waals surface area contributed by atoms with Crippen LogP contribution in [0, 0.1) is 0 Å². The van der Waals surface area contributed by atoms with Gasteiger partial charge in [0, 0.05) is 34.9 Å².